The molecule has 4 N–H and O–H groups in total. The van der Waals surface area contributed by atoms with Crippen molar-refractivity contribution in [3.05, 3.63) is 17.8 Å². The zero-order chi connectivity index (χ0) is 20.9. The molecule has 1 aromatic heterocycles. The highest BCUT2D eigenvalue weighted by molar-refractivity contribution is 6.07. The number of hydrogen-bond donors (Lipinski definition) is 3. The Labute approximate surface area is 170 Å². The van der Waals surface area contributed by atoms with E-state index in [0.717, 1.165) is 12.8 Å². The van der Waals surface area contributed by atoms with Gasteiger partial charge in [-0.25, -0.2) is 13.8 Å². The van der Waals surface area contributed by atoms with Gasteiger partial charge in [0, 0.05) is 56.0 Å². The molecule has 0 radical (unpaired) electrons. The number of nitrogens with one attached hydrogen (secondary N) is 2. The molecule has 1 aromatic rings. The number of likely N-dealkylation sites (tertiary alicyclic amines) is 1. The molecule has 1 amide bonds. The first-order valence-corrected chi connectivity index (χ1v) is 10.6. The standard InChI is InChI=1S/C21H31F2N5O/c22-21(23)10-13-28(14-11-21)18(29)8-7-16(24)19-17(25)9-12-26-20(19)27-15-5-3-1-2-4-6-15/h9,12,15,24H,1-8,10-11,13-14H2,(H3,25,26,27). The fourth-order valence-electron chi connectivity index (χ4n) is 4.12. The van der Waals surface area contributed by atoms with Crippen molar-refractivity contribution in [2.24, 2.45) is 0 Å². The smallest absolute Gasteiger partial charge is 0.251 e. The Hall–Kier alpha value is -2.25. The molecule has 8 heteroatoms. The highest BCUT2D eigenvalue weighted by atomic mass is 19.3. The zero-order valence-corrected chi connectivity index (χ0v) is 16.9. The zero-order valence-electron chi connectivity index (χ0n) is 16.9. The normalized spacial score (nSPS) is 20.1. The third-order valence-corrected chi connectivity index (χ3v) is 5.92. The van der Waals surface area contributed by atoms with Crippen molar-refractivity contribution in [2.45, 2.75) is 76.2 Å². The Balaban J connectivity index is 1.60. The lowest BCUT2D eigenvalue weighted by Crippen LogP contribution is -2.42. The van der Waals surface area contributed by atoms with E-state index in [-0.39, 0.29) is 50.4 Å². The van der Waals surface area contributed by atoms with Crippen molar-refractivity contribution in [3.8, 4) is 0 Å². The quantitative estimate of drug-likeness (QED) is 0.486. The summed E-state index contributed by atoms with van der Waals surface area (Å²) < 4.78 is 26.6. The van der Waals surface area contributed by atoms with Gasteiger partial charge in [0.15, 0.2) is 0 Å². The van der Waals surface area contributed by atoms with Gasteiger partial charge in [0.05, 0.1) is 5.56 Å². The maximum absolute atomic E-state index is 13.3. The number of alkyl halides is 2. The van der Waals surface area contributed by atoms with Crippen LogP contribution in [0.2, 0.25) is 0 Å². The number of carbonyl (C=O) groups is 1. The fourth-order valence-corrected chi connectivity index (χ4v) is 4.12. The predicted octanol–water partition coefficient (Wildman–Crippen LogP) is 4.20. The highest BCUT2D eigenvalue weighted by Gasteiger charge is 2.35. The molecule has 29 heavy (non-hydrogen) atoms. The monoisotopic (exact) mass is 407 g/mol. The minimum atomic E-state index is -2.67. The first-order chi connectivity index (χ1) is 13.9. The molecule has 0 unspecified atom stereocenters. The van der Waals surface area contributed by atoms with Crippen LogP contribution in [0.25, 0.3) is 0 Å². The molecule has 3 rings (SSSR count). The molecule has 0 aromatic carbocycles. The van der Waals surface area contributed by atoms with Crippen LogP contribution in [0.4, 0.5) is 20.3 Å². The number of anilines is 2. The van der Waals surface area contributed by atoms with Crippen LogP contribution in [0.3, 0.4) is 0 Å². The summed E-state index contributed by atoms with van der Waals surface area (Å²) >= 11 is 0. The van der Waals surface area contributed by atoms with Crippen LogP contribution in [0.15, 0.2) is 12.3 Å². The molecule has 2 heterocycles. The Morgan fingerprint density at radius 3 is 2.52 bits per heavy atom. The predicted molar refractivity (Wildman–Crippen MR) is 111 cm³/mol. The average Bonchev–Trinajstić information content (AvgIpc) is 2.94. The minimum Gasteiger partial charge on any atom is -0.398 e. The van der Waals surface area contributed by atoms with E-state index in [1.807, 2.05) is 0 Å². The number of nitrogens with zero attached hydrogens (tertiary/aromatic N) is 2. The number of nitrogen functional groups attached to an aromatic ring is 1. The summed E-state index contributed by atoms with van der Waals surface area (Å²) in [5.41, 5.74) is 7.40. The third-order valence-electron chi connectivity index (χ3n) is 5.92. The van der Waals surface area contributed by atoms with Crippen LogP contribution in [-0.2, 0) is 4.79 Å². The number of carbonyl (C=O) groups excluding carboxylic acids is 1. The van der Waals surface area contributed by atoms with Crippen LogP contribution in [0, 0.1) is 5.41 Å². The second-order valence-electron chi connectivity index (χ2n) is 8.17. The summed E-state index contributed by atoms with van der Waals surface area (Å²) in [6.07, 6.45) is 8.36. The van der Waals surface area contributed by atoms with Crippen molar-refractivity contribution in [2.75, 3.05) is 24.1 Å². The first-order valence-electron chi connectivity index (χ1n) is 10.6. The maximum atomic E-state index is 13.3. The van der Waals surface area contributed by atoms with Gasteiger partial charge in [-0.15, -0.1) is 0 Å². The summed E-state index contributed by atoms with van der Waals surface area (Å²) in [5.74, 6) is -2.26. The molecule has 2 aliphatic rings. The first kappa shape index (κ1) is 21.5. The van der Waals surface area contributed by atoms with Crippen molar-refractivity contribution in [1.82, 2.24) is 9.88 Å². The number of nitrogens with two attached hydrogens (primary N) is 1. The van der Waals surface area contributed by atoms with Crippen LogP contribution in [0.5, 0.6) is 0 Å². The molecule has 0 bridgehead atoms. The fraction of sp³-hybridized carbons (Fsp3) is 0.667. The second-order valence-corrected chi connectivity index (χ2v) is 8.17. The van der Waals surface area contributed by atoms with E-state index in [0.29, 0.717) is 23.1 Å². The molecule has 1 aliphatic heterocycles. The summed E-state index contributed by atoms with van der Waals surface area (Å²) in [5, 5.41) is 12.0. The van der Waals surface area contributed by atoms with Crippen LogP contribution in [-0.4, -0.2) is 46.6 Å². The van der Waals surface area contributed by atoms with Crippen molar-refractivity contribution < 1.29 is 13.6 Å². The van der Waals surface area contributed by atoms with E-state index in [9.17, 15) is 13.6 Å². The van der Waals surface area contributed by atoms with Crippen molar-refractivity contribution >= 4 is 23.1 Å². The lowest BCUT2D eigenvalue weighted by molar-refractivity contribution is -0.137. The van der Waals surface area contributed by atoms with Gasteiger partial charge < -0.3 is 21.4 Å². The number of pyridine rings is 1. The van der Waals surface area contributed by atoms with Crippen molar-refractivity contribution in [1.29, 1.82) is 5.41 Å². The van der Waals surface area contributed by atoms with Gasteiger partial charge in [0.2, 0.25) is 5.91 Å². The number of rotatable bonds is 6. The molecular formula is C21H31F2N5O. The molecular weight excluding hydrogens is 376 g/mol. The Bertz CT molecular complexity index is 722. The molecule has 1 aliphatic carbocycles. The summed E-state index contributed by atoms with van der Waals surface area (Å²) in [6.45, 7) is 0.144. The van der Waals surface area contributed by atoms with Crippen LogP contribution < -0.4 is 11.1 Å². The number of piperidine rings is 1. The summed E-state index contributed by atoms with van der Waals surface area (Å²) in [4.78, 5) is 18.3. The number of amides is 1. The average molecular weight is 408 g/mol. The molecule has 160 valence electrons. The number of halogens is 2. The minimum absolute atomic E-state index is 0.0721. The van der Waals surface area contributed by atoms with E-state index >= 15 is 0 Å². The van der Waals surface area contributed by atoms with E-state index in [1.165, 1.54) is 30.6 Å². The van der Waals surface area contributed by atoms with E-state index < -0.39 is 5.92 Å². The van der Waals surface area contributed by atoms with E-state index in [4.69, 9.17) is 11.1 Å². The van der Waals surface area contributed by atoms with Gasteiger partial charge in [0.25, 0.3) is 5.92 Å². The summed E-state index contributed by atoms with van der Waals surface area (Å²) in [7, 11) is 0. The largest absolute Gasteiger partial charge is 0.398 e. The van der Waals surface area contributed by atoms with Gasteiger partial charge >= 0.3 is 0 Å². The SMILES string of the molecule is N=C(CCC(=O)N1CCC(F)(F)CC1)c1c(N)ccnc1NC1CCCCCC1. The molecule has 1 saturated heterocycles. The van der Waals surface area contributed by atoms with E-state index in [1.54, 1.807) is 12.3 Å². The van der Waals surface area contributed by atoms with Gasteiger partial charge in [-0.1, -0.05) is 25.7 Å². The summed E-state index contributed by atoms with van der Waals surface area (Å²) in [6, 6.07) is 1.98. The number of aromatic nitrogens is 1. The molecule has 1 saturated carbocycles. The Morgan fingerprint density at radius 1 is 1.21 bits per heavy atom. The topological polar surface area (TPSA) is 95.1 Å². The van der Waals surface area contributed by atoms with Gasteiger partial charge in [-0.3, -0.25) is 4.79 Å². The molecule has 6 nitrogen and oxygen atoms in total. The highest BCUT2D eigenvalue weighted by Crippen LogP contribution is 2.29. The maximum Gasteiger partial charge on any atom is 0.251 e. The van der Waals surface area contributed by atoms with Crippen LogP contribution in [0.1, 0.15) is 69.8 Å². The Morgan fingerprint density at radius 2 is 1.86 bits per heavy atom. The number of hydrogen-bond acceptors (Lipinski definition) is 5. The molecule has 2 fully saturated rings. The molecule has 0 atom stereocenters. The van der Waals surface area contributed by atoms with Crippen molar-refractivity contribution in [3.63, 3.8) is 0 Å². The lowest BCUT2D eigenvalue weighted by atomic mass is 10.0. The third kappa shape index (κ3) is 5.87. The lowest BCUT2D eigenvalue weighted by Gasteiger charge is -2.31. The Kier molecular flexibility index (Phi) is 7.03. The van der Waals surface area contributed by atoms with Gasteiger partial charge in [-0.05, 0) is 25.3 Å². The van der Waals surface area contributed by atoms with Crippen LogP contribution >= 0.6 is 0 Å². The van der Waals surface area contributed by atoms with Gasteiger partial charge in [0.1, 0.15) is 5.82 Å². The molecule has 0 spiro atoms. The second kappa shape index (κ2) is 9.50. The van der Waals surface area contributed by atoms with E-state index in [2.05, 4.69) is 10.3 Å². The van der Waals surface area contributed by atoms with Gasteiger partial charge in [-0.2, -0.15) is 0 Å².